The smallest absolute Gasteiger partial charge is 0.164 e. The van der Waals surface area contributed by atoms with Gasteiger partial charge < -0.3 is 4.42 Å². The average molecular weight is 665 g/mol. The zero-order chi connectivity index (χ0) is 39.1. The van der Waals surface area contributed by atoms with Gasteiger partial charge in [-0.15, -0.1) is 11.3 Å². The van der Waals surface area contributed by atoms with Gasteiger partial charge in [0.15, 0.2) is 17.5 Å². The van der Waals surface area contributed by atoms with E-state index in [0.29, 0.717) is 44.4 Å². The van der Waals surface area contributed by atoms with Crippen LogP contribution in [0.2, 0.25) is 0 Å². The van der Waals surface area contributed by atoms with Gasteiger partial charge in [0.2, 0.25) is 0 Å². The summed E-state index contributed by atoms with van der Waals surface area (Å²) in [6.07, 6.45) is 0. The largest absolute Gasteiger partial charge is 0.456 e. The predicted molar refractivity (Wildman–Crippen MR) is 207 cm³/mol. The Kier molecular flexibility index (Phi) is 5.17. The third-order valence-electron chi connectivity index (χ3n) is 8.90. The summed E-state index contributed by atoms with van der Waals surface area (Å²) in [5, 5.41) is 2.28. The zero-order valence-electron chi connectivity index (χ0n) is 33.2. The second kappa shape index (κ2) is 11.6. The summed E-state index contributed by atoms with van der Waals surface area (Å²) in [5.41, 5.74) is 6.88. The monoisotopic (exact) mass is 664 g/mol. The molecule has 50 heavy (non-hydrogen) atoms. The number of benzene rings is 7. The quantitative estimate of drug-likeness (QED) is 0.184. The molecular weight excluding hydrogens is 631 g/mol. The number of rotatable bonds is 5. The van der Waals surface area contributed by atoms with Crippen LogP contribution in [0.5, 0.6) is 0 Å². The fourth-order valence-corrected chi connectivity index (χ4v) is 7.56. The number of thiophene rings is 1. The Morgan fingerprint density at radius 3 is 1.86 bits per heavy atom. The predicted octanol–water partition coefficient (Wildman–Crippen LogP) is 12.5. The number of furan rings is 1. The van der Waals surface area contributed by atoms with Crippen LogP contribution in [0.3, 0.4) is 0 Å². The van der Waals surface area contributed by atoms with Crippen molar-refractivity contribution in [3.63, 3.8) is 0 Å². The van der Waals surface area contributed by atoms with Crippen molar-refractivity contribution in [2.75, 3.05) is 0 Å². The van der Waals surface area contributed by atoms with Crippen LogP contribution in [0.4, 0.5) is 0 Å². The highest BCUT2D eigenvalue weighted by Crippen LogP contribution is 2.41. The van der Waals surface area contributed by atoms with E-state index in [2.05, 4.69) is 12.1 Å². The van der Waals surface area contributed by atoms with Gasteiger partial charge in [-0.05, 0) is 40.4 Å². The minimum Gasteiger partial charge on any atom is -0.456 e. The van der Waals surface area contributed by atoms with Gasteiger partial charge in [0.25, 0.3) is 0 Å². The third-order valence-corrected chi connectivity index (χ3v) is 10.0. The lowest BCUT2D eigenvalue weighted by molar-refractivity contribution is 0.669. The minimum absolute atomic E-state index is 0.161. The molecule has 0 N–H and O–H groups in total. The molecule has 0 unspecified atom stereocenters. The highest BCUT2D eigenvalue weighted by atomic mass is 32.1. The van der Waals surface area contributed by atoms with E-state index >= 15 is 0 Å². The van der Waals surface area contributed by atoms with Gasteiger partial charge in [-0.3, -0.25) is 0 Å². The van der Waals surface area contributed by atoms with Gasteiger partial charge >= 0.3 is 0 Å². The average Bonchev–Trinajstić information content (AvgIpc) is 3.84. The summed E-state index contributed by atoms with van der Waals surface area (Å²) in [6, 6.07) is 37.3. The molecule has 10 aromatic rings. The van der Waals surface area contributed by atoms with E-state index in [1.165, 1.54) is 0 Å². The van der Waals surface area contributed by atoms with Crippen molar-refractivity contribution in [1.29, 1.82) is 0 Å². The fraction of sp³-hybridized carbons (Fsp3) is 0. The summed E-state index contributed by atoms with van der Waals surface area (Å²) in [4.78, 5) is 15.0. The van der Waals surface area contributed by atoms with Crippen LogP contribution in [0.15, 0.2) is 168 Å². The van der Waals surface area contributed by atoms with Gasteiger partial charge in [0.1, 0.15) is 11.2 Å². The molecule has 0 saturated heterocycles. The fourth-order valence-electron chi connectivity index (χ4n) is 6.48. The molecular formula is C45H27N3OS. The number of fused-ring (bicyclic) bond motifs is 6. The lowest BCUT2D eigenvalue weighted by Crippen LogP contribution is -2.00. The van der Waals surface area contributed by atoms with Crippen molar-refractivity contribution in [2.24, 2.45) is 0 Å². The first-order valence-electron chi connectivity index (χ1n) is 19.5. The number of aromatic nitrogens is 3. The highest BCUT2D eigenvalue weighted by Gasteiger charge is 2.18. The molecule has 5 heteroatoms. The molecule has 0 radical (unpaired) electrons. The number of hydrogen-bond acceptors (Lipinski definition) is 5. The van der Waals surface area contributed by atoms with E-state index in [1.807, 2.05) is 109 Å². The molecule has 0 amide bonds. The van der Waals surface area contributed by atoms with Gasteiger partial charge in [-0.1, -0.05) is 145 Å². The van der Waals surface area contributed by atoms with Crippen LogP contribution >= 0.6 is 11.3 Å². The Balaban J connectivity index is 1.14. The summed E-state index contributed by atoms with van der Waals surface area (Å²) < 4.78 is 67.0. The molecule has 0 aliphatic rings. The van der Waals surface area contributed by atoms with Crippen molar-refractivity contribution in [1.82, 2.24) is 15.0 Å². The zero-order valence-corrected chi connectivity index (χ0v) is 27.0. The van der Waals surface area contributed by atoms with E-state index < -0.39 is 6.04 Å². The van der Waals surface area contributed by atoms with Crippen molar-refractivity contribution < 1.29 is 14.0 Å². The lowest BCUT2D eigenvalue weighted by Gasteiger charge is -2.10. The molecule has 3 heterocycles. The topological polar surface area (TPSA) is 51.8 Å². The second-order valence-corrected chi connectivity index (χ2v) is 12.9. The maximum Gasteiger partial charge on any atom is 0.164 e. The van der Waals surface area contributed by atoms with Crippen LogP contribution in [0, 0.1) is 0 Å². The molecule has 0 saturated carbocycles. The summed E-state index contributed by atoms with van der Waals surface area (Å²) in [6.45, 7) is 0. The van der Waals surface area contributed by atoms with Gasteiger partial charge in [0, 0.05) is 47.6 Å². The van der Waals surface area contributed by atoms with Crippen LogP contribution < -0.4 is 0 Å². The Labute approximate surface area is 301 Å². The first-order chi connectivity index (χ1) is 27.7. The normalized spacial score (nSPS) is 13.6. The molecule has 0 fully saturated rings. The van der Waals surface area contributed by atoms with Crippen molar-refractivity contribution in [3.05, 3.63) is 164 Å². The molecule has 7 aromatic carbocycles. The van der Waals surface area contributed by atoms with Crippen molar-refractivity contribution >= 4 is 53.4 Å². The van der Waals surface area contributed by atoms with E-state index in [1.54, 1.807) is 0 Å². The molecule has 0 spiro atoms. The molecule has 3 aromatic heterocycles. The van der Waals surface area contributed by atoms with E-state index in [-0.39, 0.29) is 51.7 Å². The molecule has 4 nitrogen and oxygen atoms in total. The SMILES string of the molecule is [2H]c1c([2H])c([2H])c2c(sc3c(-c4ccc(-c5nc(-c6ccc(-c7ccccc7)cc6)nc(-c6cccc7oc8ccccc8c67)n5)cc4)c([2H])c([2H])c([2H])c32)c1[2H]. The van der Waals surface area contributed by atoms with Gasteiger partial charge in [-0.25, -0.2) is 15.0 Å². The van der Waals surface area contributed by atoms with Crippen LogP contribution in [-0.4, -0.2) is 15.0 Å². The maximum absolute atomic E-state index is 8.96. The van der Waals surface area contributed by atoms with E-state index in [9.17, 15) is 0 Å². The summed E-state index contributed by atoms with van der Waals surface area (Å²) >= 11 is 1.11. The second-order valence-electron chi connectivity index (χ2n) is 11.9. The van der Waals surface area contributed by atoms with E-state index in [0.717, 1.165) is 49.9 Å². The van der Waals surface area contributed by atoms with Gasteiger partial charge in [0.05, 0.1) is 9.60 Å². The molecule has 0 aliphatic carbocycles. The number of para-hydroxylation sites is 1. The van der Waals surface area contributed by atoms with Crippen molar-refractivity contribution in [3.8, 4) is 56.4 Å². The molecule has 0 aliphatic heterocycles. The van der Waals surface area contributed by atoms with Gasteiger partial charge in [-0.2, -0.15) is 0 Å². The Hall–Kier alpha value is -6.43. The first kappa shape index (κ1) is 22.3. The maximum atomic E-state index is 8.96. The summed E-state index contributed by atoms with van der Waals surface area (Å²) in [7, 11) is 0. The number of hydrogen-bond donors (Lipinski definition) is 0. The Morgan fingerprint density at radius 2 is 1.06 bits per heavy atom. The van der Waals surface area contributed by atoms with Crippen LogP contribution in [-0.2, 0) is 0 Å². The highest BCUT2D eigenvalue weighted by molar-refractivity contribution is 7.26. The van der Waals surface area contributed by atoms with Crippen LogP contribution in [0.1, 0.15) is 9.60 Å². The Bertz CT molecular complexity index is 3260. The third kappa shape index (κ3) is 4.79. The van der Waals surface area contributed by atoms with Crippen molar-refractivity contribution in [2.45, 2.75) is 0 Å². The lowest BCUT2D eigenvalue weighted by atomic mass is 10.0. The molecule has 0 atom stereocenters. The number of nitrogens with zero attached hydrogens (tertiary/aromatic N) is 3. The molecule has 10 rings (SSSR count). The van der Waals surface area contributed by atoms with E-state index in [4.69, 9.17) is 29.0 Å². The summed E-state index contributed by atoms with van der Waals surface area (Å²) in [5.74, 6) is 1.37. The minimum atomic E-state index is -0.403. The standard InChI is InChI=1S/C45H27N3OS/c1-2-10-28(11-3-1)29-20-24-31(25-21-29)43-46-44(48-45(47-43)37-16-9-18-39-41(37)36-13-4-6-17-38(36)49-39)32-26-22-30(23-27-32)33-14-8-15-35-34-12-5-7-19-40(34)50-42(33)35/h1-27H/i5D,7D,8D,12D,14D,15D,19D. The molecule has 234 valence electrons. The molecule has 0 bridgehead atoms. The first-order valence-corrected chi connectivity index (χ1v) is 16.8. The Morgan fingerprint density at radius 1 is 0.440 bits per heavy atom. The van der Waals surface area contributed by atoms with Crippen LogP contribution in [0.25, 0.3) is 98.5 Å².